The van der Waals surface area contributed by atoms with Gasteiger partial charge in [-0.1, -0.05) is 67.3 Å². The molecule has 7 heteroatoms. The van der Waals surface area contributed by atoms with Crippen LogP contribution in [0.3, 0.4) is 0 Å². The Hall–Kier alpha value is -2.21. The van der Waals surface area contributed by atoms with Crippen LogP contribution in [0.2, 0.25) is 10.0 Å². The lowest BCUT2D eigenvalue weighted by molar-refractivity contribution is -0.139. The molecule has 4 atom stereocenters. The van der Waals surface area contributed by atoms with Crippen LogP contribution in [0.25, 0.3) is 0 Å². The van der Waals surface area contributed by atoms with Gasteiger partial charge in [-0.15, -0.1) is 0 Å². The number of ether oxygens (including phenoxy) is 3. The molecule has 3 rings (SSSR count). The maximum atomic E-state index is 11.2. The van der Waals surface area contributed by atoms with Crippen LogP contribution in [0, 0.1) is 5.92 Å². The number of methoxy groups -OCH3 is 1. The number of benzene rings is 2. The zero-order valence-electron chi connectivity index (χ0n) is 19.9. The second kappa shape index (κ2) is 12.0. The first-order valence-electron chi connectivity index (χ1n) is 11.5. The van der Waals surface area contributed by atoms with Crippen LogP contribution in [0.1, 0.15) is 62.7 Å². The Bertz CT molecular complexity index is 1000. The normalized spacial score (nSPS) is 22.3. The molecule has 0 saturated carbocycles. The topological polar surface area (TPSA) is 65.0 Å². The van der Waals surface area contributed by atoms with E-state index in [-0.39, 0.29) is 17.9 Å². The van der Waals surface area contributed by atoms with Crippen LogP contribution in [0.5, 0.6) is 11.5 Å². The predicted molar refractivity (Wildman–Crippen MR) is 135 cm³/mol. The number of halogens is 2. The smallest absolute Gasteiger partial charge is 0.341 e. The first-order valence-corrected chi connectivity index (χ1v) is 12.3. The summed E-state index contributed by atoms with van der Waals surface area (Å²) in [4.78, 5) is 11.2. The minimum atomic E-state index is -1.08. The second-order valence-corrected chi connectivity index (χ2v) is 9.67. The molecule has 0 spiro atoms. The third-order valence-corrected chi connectivity index (χ3v) is 6.80. The fourth-order valence-electron chi connectivity index (χ4n) is 4.65. The van der Waals surface area contributed by atoms with Crippen LogP contribution in [-0.2, 0) is 9.53 Å². The quantitative estimate of drug-likeness (QED) is 0.338. The van der Waals surface area contributed by atoms with E-state index in [1.165, 1.54) is 12.7 Å². The van der Waals surface area contributed by atoms with Gasteiger partial charge >= 0.3 is 5.97 Å². The predicted octanol–water partition coefficient (Wildman–Crippen LogP) is 7.46. The first kappa shape index (κ1) is 26.4. The fraction of sp³-hybridized carbons (Fsp3) is 0.444. The van der Waals surface area contributed by atoms with E-state index in [0.717, 1.165) is 31.3 Å². The molecule has 184 valence electrons. The zero-order valence-corrected chi connectivity index (χ0v) is 21.4. The summed E-state index contributed by atoms with van der Waals surface area (Å²) in [6.45, 7) is 7.91. The molecule has 0 amide bonds. The van der Waals surface area contributed by atoms with Crippen molar-refractivity contribution in [1.82, 2.24) is 0 Å². The largest absolute Gasteiger partial charge is 0.493 e. The minimum absolute atomic E-state index is 0.0334. The van der Waals surface area contributed by atoms with E-state index in [0.29, 0.717) is 27.1 Å². The summed E-state index contributed by atoms with van der Waals surface area (Å²) in [5.41, 5.74) is 2.83. The molecule has 1 saturated heterocycles. The van der Waals surface area contributed by atoms with Gasteiger partial charge in [-0.25, -0.2) is 4.79 Å². The van der Waals surface area contributed by atoms with Gasteiger partial charge in [0.05, 0.1) is 19.3 Å². The van der Waals surface area contributed by atoms with E-state index in [4.69, 9.17) is 37.4 Å². The summed E-state index contributed by atoms with van der Waals surface area (Å²) in [5, 5.41) is 10.4. The minimum Gasteiger partial charge on any atom is -0.493 e. The molecule has 1 aliphatic rings. The molecule has 1 N–H and O–H groups in total. The van der Waals surface area contributed by atoms with E-state index in [9.17, 15) is 9.90 Å². The molecule has 1 aliphatic heterocycles. The van der Waals surface area contributed by atoms with Crippen LogP contribution >= 0.6 is 23.2 Å². The standard InChI is InChI=1S/C27H32Cl2O5/c1-5-6-7-23-21(17-8-10-18(28)11-9-17)14-20(16(2)3)26(34-23)22-12-19(29)13-24(32-4)27(22)33-15-25(30)31/h8-13,20-21,23,26H,2,5-7,14-15H2,1,3-4H3,(H,30,31)/t20-,21-,23+,26+/m1/s1. The lowest BCUT2D eigenvalue weighted by atomic mass is 9.74. The van der Waals surface area contributed by atoms with E-state index >= 15 is 0 Å². The SMILES string of the molecule is C=C(C)[C@H]1C[C@H](c2ccc(Cl)cc2)[C@H](CCCC)O[C@@H]1c1cc(Cl)cc(OC)c1OCC(=O)O. The van der Waals surface area contributed by atoms with Gasteiger partial charge in [0.2, 0.25) is 0 Å². The van der Waals surface area contributed by atoms with Crippen molar-refractivity contribution < 1.29 is 24.1 Å². The van der Waals surface area contributed by atoms with Gasteiger partial charge in [0.25, 0.3) is 0 Å². The molecule has 0 aliphatic carbocycles. The van der Waals surface area contributed by atoms with E-state index in [2.05, 4.69) is 25.6 Å². The van der Waals surface area contributed by atoms with Gasteiger partial charge in [-0.05, 0) is 43.5 Å². The molecule has 2 aromatic rings. The van der Waals surface area contributed by atoms with Crippen molar-refractivity contribution >= 4 is 29.2 Å². The maximum absolute atomic E-state index is 11.2. The van der Waals surface area contributed by atoms with Crippen LogP contribution in [-0.4, -0.2) is 30.9 Å². The molecule has 5 nitrogen and oxygen atoms in total. The number of carboxylic acids is 1. The molecular weight excluding hydrogens is 475 g/mol. The molecule has 34 heavy (non-hydrogen) atoms. The average Bonchev–Trinajstić information content (AvgIpc) is 2.81. The Kier molecular flexibility index (Phi) is 9.29. The van der Waals surface area contributed by atoms with Crippen molar-refractivity contribution in [3.8, 4) is 11.5 Å². The molecule has 0 aromatic heterocycles. The molecular formula is C27H32Cl2O5. The lowest BCUT2D eigenvalue weighted by Gasteiger charge is -2.43. The second-order valence-electron chi connectivity index (χ2n) is 8.79. The fourth-order valence-corrected chi connectivity index (χ4v) is 4.99. The Morgan fingerprint density at radius 2 is 1.91 bits per heavy atom. The number of hydrogen-bond acceptors (Lipinski definition) is 4. The van der Waals surface area contributed by atoms with Crippen molar-refractivity contribution in [3.63, 3.8) is 0 Å². The monoisotopic (exact) mass is 506 g/mol. The van der Waals surface area contributed by atoms with E-state index in [1.807, 2.05) is 19.1 Å². The van der Waals surface area contributed by atoms with Crippen molar-refractivity contribution in [1.29, 1.82) is 0 Å². The lowest BCUT2D eigenvalue weighted by Crippen LogP contribution is -2.36. The third kappa shape index (κ3) is 6.26. The zero-order chi connectivity index (χ0) is 24.8. The summed E-state index contributed by atoms with van der Waals surface area (Å²) in [6.07, 6.45) is 3.36. The van der Waals surface area contributed by atoms with Gasteiger partial charge < -0.3 is 19.3 Å². The van der Waals surface area contributed by atoms with Gasteiger partial charge in [-0.3, -0.25) is 0 Å². The Morgan fingerprint density at radius 3 is 2.50 bits per heavy atom. The number of rotatable bonds is 10. The molecule has 0 unspecified atom stereocenters. The van der Waals surface area contributed by atoms with E-state index < -0.39 is 18.7 Å². The van der Waals surface area contributed by atoms with Crippen molar-refractivity contribution in [2.24, 2.45) is 5.92 Å². The summed E-state index contributed by atoms with van der Waals surface area (Å²) < 4.78 is 18.0. The van der Waals surface area contributed by atoms with Gasteiger partial charge in [0.15, 0.2) is 18.1 Å². The Morgan fingerprint density at radius 1 is 1.21 bits per heavy atom. The highest BCUT2D eigenvalue weighted by Crippen LogP contribution is 2.51. The van der Waals surface area contributed by atoms with Crippen LogP contribution in [0.15, 0.2) is 48.6 Å². The summed E-state index contributed by atoms with van der Waals surface area (Å²) in [5.74, 6) is -0.227. The highest BCUT2D eigenvalue weighted by Gasteiger charge is 2.41. The number of hydrogen-bond donors (Lipinski definition) is 1. The molecule has 0 radical (unpaired) electrons. The Balaban J connectivity index is 2.06. The number of carbonyl (C=O) groups is 1. The molecule has 2 aromatic carbocycles. The molecule has 1 heterocycles. The highest BCUT2D eigenvalue weighted by molar-refractivity contribution is 6.31. The van der Waals surface area contributed by atoms with Gasteiger partial charge in [0.1, 0.15) is 0 Å². The van der Waals surface area contributed by atoms with E-state index in [1.54, 1.807) is 12.1 Å². The highest BCUT2D eigenvalue weighted by atomic mass is 35.5. The number of unbranched alkanes of at least 4 members (excludes halogenated alkanes) is 1. The van der Waals surface area contributed by atoms with Crippen LogP contribution < -0.4 is 9.47 Å². The van der Waals surface area contributed by atoms with Crippen LogP contribution in [0.4, 0.5) is 0 Å². The Labute approximate surface area is 211 Å². The first-order chi connectivity index (χ1) is 16.2. The van der Waals surface area contributed by atoms with Crippen molar-refractivity contribution in [2.75, 3.05) is 13.7 Å². The van der Waals surface area contributed by atoms with Crippen molar-refractivity contribution in [3.05, 3.63) is 69.7 Å². The average molecular weight is 507 g/mol. The molecule has 0 bridgehead atoms. The van der Waals surface area contributed by atoms with Gasteiger partial charge in [0, 0.05) is 33.5 Å². The summed E-state index contributed by atoms with van der Waals surface area (Å²) in [7, 11) is 1.50. The number of aliphatic carboxylic acids is 1. The maximum Gasteiger partial charge on any atom is 0.341 e. The molecule has 1 fully saturated rings. The van der Waals surface area contributed by atoms with Gasteiger partial charge in [-0.2, -0.15) is 0 Å². The van der Waals surface area contributed by atoms with Crippen molar-refractivity contribution in [2.45, 2.75) is 57.7 Å². The number of carboxylic acid groups (broad SMARTS) is 1. The third-order valence-electron chi connectivity index (χ3n) is 6.33. The summed E-state index contributed by atoms with van der Waals surface area (Å²) in [6, 6.07) is 11.3. The summed E-state index contributed by atoms with van der Waals surface area (Å²) >= 11 is 12.6.